The van der Waals surface area contributed by atoms with E-state index in [1.54, 1.807) is 18.2 Å². The van der Waals surface area contributed by atoms with Crippen molar-refractivity contribution in [3.63, 3.8) is 0 Å². The normalized spacial score (nSPS) is 11.3. The minimum atomic E-state index is 0.470. The second-order valence-corrected chi connectivity index (χ2v) is 17.5. The lowest BCUT2D eigenvalue weighted by Crippen LogP contribution is -1.98. The minimum absolute atomic E-state index is 0.470. The lowest BCUT2D eigenvalue weighted by molar-refractivity contribution is 1.16. The van der Waals surface area contributed by atoms with Crippen LogP contribution >= 0.6 is 0 Å². The highest BCUT2D eigenvalue weighted by atomic mass is 15.0. The van der Waals surface area contributed by atoms with Crippen molar-refractivity contribution in [2.24, 2.45) is 0 Å². The summed E-state index contributed by atoms with van der Waals surface area (Å²) >= 11 is 0. The summed E-state index contributed by atoms with van der Waals surface area (Å²) in [6, 6.07) is 75.8. The van der Waals surface area contributed by atoms with Crippen molar-refractivity contribution in [3.8, 4) is 75.2 Å². The Morgan fingerprint density at radius 1 is 0.282 bits per heavy atom. The van der Waals surface area contributed by atoms with E-state index in [-0.39, 0.29) is 0 Å². The first-order valence-corrected chi connectivity index (χ1v) is 22.9. The molecule has 0 bridgehead atoms. The van der Waals surface area contributed by atoms with Gasteiger partial charge in [-0.2, -0.15) is 21.0 Å². The Kier molecular flexibility index (Phi) is 9.19. The summed E-state index contributed by atoms with van der Waals surface area (Å²) in [6.45, 7) is 0. The number of hydrogen-bond donors (Lipinski definition) is 0. The molecule has 0 fully saturated rings. The van der Waals surface area contributed by atoms with Crippen LogP contribution in [-0.4, -0.2) is 23.7 Å². The lowest BCUT2D eigenvalue weighted by atomic mass is 10.0. The molecule has 0 aliphatic carbocycles. The highest BCUT2D eigenvalue weighted by Gasteiger charge is 2.20. The quantitative estimate of drug-likeness (QED) is 0.163. The SMILES string of the molecule is N#Cc1cccc(-c2cc(-c3ccc(-n4c5ccc(-n6c7ccccc7c7ccccc76)cc5c5cc(-n6c7ccc(C#N)cc7c7cc(C#N)ccc76)ccc54)cc3)nc(-c3cccc(C#N)c3)n2)c1. The molecule has 13 aromatic rings. The van der Waals surface area contributed by atoms with Crippen molar-refractivity contribution in [2.75, 3.05) is 0 Å². The molecule has 71 heavy (non-hydrogen) atoms. The molecule has 0 N–H and O–H groups in total. The van der Waals surface area contributed by atoms with Gasteiger partial charge in [0, 0.05) is 66.1 Å². The standard InChI is InChI=1S/C62H33N9/c63-34-38-7-5-9-43(27-38)55-33-54(67-62(68-55)44-10-6-8-39(28-44)35-64)42-17-19-45(20-18-42)69-60-25-21-46(70-56-13-3-1-11-48(56)49-12-2-4-14-57(49)70)31-52(60)53-32-47(22-26-61(53)69)71-58-23-15-40(36-65)29-50(58)51-30-41(37-66)16-24-59(51)71/h1-33H. The van der Waals surface area contributed by atoms with E-state index in [0.717, 1.165) is 82.8 Å². The summed E-state index contributed by atoms with van der Waals surface area (Å²) in [5.74, 6) is 0.470. The molecule has 9 heteroatoms. The predicted octanol–water partition coefficient (Wildman–Crippen LogP) is 14.3. The average molecular weight is 904 g/mol. The van der Waals surface area contributed by atoms with Gasteiger partial charge in [-0.05, 0) is 127 Å². The molecule has 0 unspecified atom stereocenters. The molecule has 0 saturated carbocycles. The first-order valence-electron chi connectivity index (χ1n) is 22.9. The summed E-state index contributed by atoms with van der Waals surface area (Å²) in [5.41, 5.74) is 14.9. The maximum absolute atomic E-state index is 9.89. The Morgan fingerprint density at radius 2 is 0.676 bits per heavy atom. The van der Waals surface area contributed by atoms with Crippen LogP contribution in [0.15, 0.2) is 200 Å². The van der Waals surface area contributed by atoms with Gasteiger partial charge in [0.05, 0.1) is 91.0 Å². The molecule has 0 spiro atoms. The van der Waals surface area contributed by atoms with Crippen LogP contribution in [0.2, 0.25) is 0 Å². The van der Waals surface area contributed by atoms with E-state index in [0.29, 0.717) is 45.0 Å². The Labute approximate surface area is 406 Å². The summed E-state index contributed by atoms with van der Waals surface area (Å²) in [5, 5.41) is 45.5. The van der Waals surface area contributed by atoms with Crippen LogP contribution in [0.4, 0.5) is 0 Å². The van der Waals surface area contributed by atoms with Gasteiger partial charge in [0.25, 0.3) is 0 Å². The zero-order chi connectivity index (χ0) is 47.7. The van der Waals surface area contributed by atoms with E-state index in [1.807, 2.05) is 72.8 Å². The Morgan fingerprint density at radius 3 is 1.20 bits per heavy atom. The van der Waals surface area contributed by atoms with Gasteiger partial charge < -0.3 is 13.7 Å². The fourth-order valence-corrected chi connectivity index (χ4v) is 10.3. The van der Waals surface area contributed by atoms with Gasteiger partial charge in [0.15, 0.2) is 5.82 Å². The molecular weight excluding hydrogens is 871 g/mol. The number of nitriles is 4. The number of nitrogens with zero attached hydrogens (tertiary/aromatic N) is 9. The van der Waals surface area contributed by atoms with Gasteiger partial charge >= 0.3 is 0 Å². The first-order chi connectivity index (χ1) is 35.0. The second-order valence-electron chi connectivity index (χ2n) is 17.5. The maximum atomic E-state index is 9.89. The molecule has 0 atom stereocenters. The highest BCUT2D eigenvalue weighted by Crippen LogP contribution is 2.40. The Bertz CT molecular complexity index is 4380. The Hall–Kier alpha value is -10.6. The van der Waals surface area contributed by atoms with Crippen LogP contribution in [0.1, 0.15) is 22.3 Å². The van der Waals surface area contributed by atoms with E-state index < -0.39 is 0 Å². The van der Waals surface area contributed by atoms with Crippen LogP contribution in [-0.2, 0) is 0 Å². The molecule has 0 saturated heterocycles. The smallest absolute Gasteiger partial charge is 0.160 e. The van der Waals surface area contributed by atoms with Crippen LogP contribution in [0.5, 0.6) is 0 Å². The maximum Gasteiger partial charge on any atom is 0.160 e. The molecule has 9 aromatic carbocycles. The molecule has 4 aromatic heterocycles. The van der Waals surface area contributed by atoms with E-state index in [1.165, 1.54) is 10.8 Å². The molecule has 13 rings (SSSR count). The molecule has 0 radical (unpaired) electrons. The average Bonchev–Trinajstić information content (AvgIpc) is 4.07. The topological polar surface area (TPSA) is 136 Å². The van der Waals surface area contributed by atoms with Crippen molar-refractivity contribution in [3.05, 3.63) is 222 Å². The summed E-state index contributed by atoms with van der Waals surface area (Å²) in [4.78, 5) is 10.0. The van der Waals surface area contributed by atoms with Gasteiger partial charge in [0.2, 0.25) is 0 Å². The third kappa shape index (κ3) is 6.51. The third-order valence-corrected chi connectivity index (χ3v) is 13.5. The van der Waals surface area contributed by atoms with Gasteiger partial charge in [0.1, 0.15) is 0 Å². The zero-order valence-electron chi connectivity index (χ0n) is 37.6. The van der Waals surface area contributed by atoms with Crippen LogP contribution < -0.4 is 0 Å². The van der Waals surface area contributed by atoms with Crippen molar-refractivity contribution in [1.82, 2.24) is 23.7 Å². The molecule has 0 aliphatic heterocycles. The summed E-state index contributed by atoms with van der Waals surface area (Å²) < 4.78 is 6.87. The van der Waals surface area contributed by atoms with E-state index in [2.05, 4.69) is 147 Å². The monoisotopic (exact) mass is 903 g/mol. The molecule has 4 heterocycles. The van der Waals surface area contributed by atoms with Crippen LogP contribution in [0.3, 0.4) is 0 Å². The third-order valence-electron chi connectivity index (χ3n) is 13.5. The van der Waals surface area contributed by atoms with E-state index in [9.17, 15) is 21.0 Å². The number of rotatable bonds is 6. The molecule has 9 nitrogen and oxygen atoms in total. The van der Waals surface area contributed by atoms with Crippen molar-refractivity contribution < 1.29 is 0 Å². The van der Waals surface area contributed by atoms with Crippen molar-refractivity contribution in [1.29, 1.82) is 21.0 Å². The van der Waals surface area contributed by atoms with Crippen LogP contribution in [0, 0.1) is 45.3 Å². The highest BCUT2D eigenvalue weighted by molar-refractivity contribution is 6.14. The largest absolute Gasteiger partial charge is 0.309 e. The van der Waals surface area contributed by atoms with Crippen molar-refractivity contribution >= 4 is 65.4 Å². The number of benzene rings is 9. The Balaban J connectivity index is 1.02. The van der Waals surface area contributed by atoms with E-state index >= 15 is 0 Å². The fraction of sp³-hybridized carbons (Fsp3) is 0. The minimum Gasteiger partial charge on any atom is -0.309 e. The fourth-order valence-electron chi connectivity index (χ4n) is 10.3. The van der Waals surface area contributed by atoms with Gasteiger partial charge in [-0.1, -0.05) is 72.8 Å². The predicted molar refractivity (Wildman–Crippen MR) is 280 cm³/mol. The second kappa shape index (κ2) is 16.0. The molecule has 0 aliphatic rings. The molecule has 326 valence electrons. The van der Waals surface area contributed by atoms with E-state index in [4.69, 9.17) is 9.97 Å². The zero-order valence-corrected chi connectivity index (χ0v) is 37.6. The van der Waals surface area contributed by atoms with Gasteiger partial charge in [-0.3, -0.25) is 0 Å². The number of fused-ring (bicyclic) bond motifs is 9. The van der Waals surface area contributed by atoms with Gasteiger partial charge in [-0.15, -0.1) is 0 Å². The molecular formula is C62H33N9. The van der Waals surface area contributed by atoms with Crippen LogP contribution in [0.25, 0.3) is 116 Å². The van der Waals surface area contributed by atoms with Crippen molar-refractivity contribution in [2.45, 2.75) is 0 Å². The molecule has 0 amide bonds. The number of aromatic nitrogens is 5. The lowest BCUT2D eigenvalue weighted by Gasteiger charge is -2.12. The summed E-state index contributed by atoms with van der Waals surface area (Å²) in [6.07, 6.45) is 0. The number of para-hydroxylation sites is 2. The van der Waals surface area contributed by atoms with Gasteiger partial charge in [-0.25, -0.2) is 9.97 Å². The first kappa shape index (κ1) is 40.7. The summed E-state index contributed by atoms with van der Waals surface area (Å²) in [7, 11) is 0. The number of hydrogen-bond acceptors (Lipinski definition) is 6.